The second-order valence-corrected chi connectivity index (χ2v) is 6.77. The van der Waals surface area contributed by atoms with E-state index in [1.807, 2.05) is 36.4 Å². The van der Waals surface area contributed by atoms with Crippen molar-refractivity contribution in [2.45, 2.75) is 12.8 Å². The topological polar surface area (TPSA) is 125 Å². The summed E-state index contributed by atoms with van der Waals surface area (Å²) in [7, 11) is 0. The number of aromatic hydroxyl groups is 1. The first-order valence-electron chi connectivity index (χ1n) is 9.83. The van der Waals surface area contributed by atoms with Gasteiger partial charge in [-0.05, 0) is 61.4 Å². The first-order valence-corrected chi connectivity index (χ1v) is 9.83. The van der Waals surface area contributed by atoms with Crippen molar-refractivity contribution in [3.8, 4) is 28.3 Å². The number of amides is 1. The van der Waals surface area contributed by atoms with Gasteiger partial charge in [0.05, 0.1) is 11.4 Å². The van der Waals surface area contributed by atoms with Crippen molar-refractivity contribution < 1.29 is 15.0 Å². The van der Waals surface area contributed by atoms with E-state index < -0.39 is 5.91 Å². The van der Waals surface area contributed by atoms with Crippen LogP contribution in [0.3, 0.4) is 0 Å². The SMILES string of the molecule is NC(=O)c1ccccc1-c1cc(-c2ccc(O)cc2)n[nH]1.OCCCc1ccccn1. The van der Waals surface area contributed by atoms with E-state index in [0.29, 0.717) is 16.8 Å². The van der Waals surface area contributed by atoms with Crippen LogP contribution in [0, 0.1) is 0 Å². The van der Waals surface area contributed by atoms with Gasteiger partial charge in [-0.25, -0.2) is 0 Å². The number of hydrogen-bond donors (Lipinski definition) is 4. The van der Waals surface area contributed by atoms with Gasteiger partial charge in [0.2, 0.25) is 5.91 Å². The minimum Gasteiger partial charge on any atom is -0.508 e. The number of aryl methyl sites for hydroxylation is 1. The van der Waals surface area contributed by atoms with Crippen molar-refractivity contribution in [1.82, 2.24) is 15.2 Å². The first kappa shape index (κ1) is 21.7. The predicted molar refractivity (Wildman–Crippen MR) is 119 cm³/mol. The standard InChI is InChI=1S/C16H13N3O2.C8H11NO/c17-16(21)13-4-2-1-3-12(13)15-9-14(18-19-15)10-5-7-11(20)8-6-10;10-7-3-5-8-4-1-2-6-9-8/h1-9,20H,(H2,17,21)(H,18,19);1-2,4,6,10H,3,5,7H2. The number of H-pyrrole nitrogens is 1. The van der Waals surface area contributed by atoms with Crippen LogP contribution in [0.1, 0.15) is 22.5 Å². The summed E-state index contributed by atoms with van der Waals surface area (Å²) in [5.74, 6) is -0.278. The molecule has 0 fully saturated rings. The molecule has 158 valence electrons. The van der Waals surface area contributed by atoms with Crippen molar-refractivity contribution in [2.75, 3.05) is 6.61 Å². The maximum Gasteiger partial charge on any atom is 0.249 e. The third-order valence-electron chi connectivity index (χ3n) is 4.54. The molecule has 1 amide bonds. The molecule has 0 unspecified atom stereocenters. The summed E-state index contributed by atoms with van der Waals surface area (Å²) in [5, 5.41) is 24.9. The third kappa shape index (κ3) is 6.01. The largest absolute Gasteiger partial charge is 0.508 e. The molecule has 2 aromatic heterocycles. The molecule has 0 radical (unpaired) electrons. The quantitative estimate of drug-likeness (QED) is 0.382. The molecule has 7 heteroatoms. The summed E-state index contributed by atoms with van der Waals surface area (Å²) in [6, 6.07) is 21.5. The van der Waals surface area contributed by atoms with E-state index in [1.165, 1.54) is 0 Å². The first-order chi connectivity index (χ1) is 15.1. The molecular formula is C24H24N4O3. The molecule has 2 heterocycles. The summed E-state index contributed by atoms with van der Waals surface area (Å²) in [6.07, 6.45) is 3.45. The van der Waals surface area contributed by atoms with Crippen LogP contribution in [0.25, 0.3) is 22.5 Å². The van der Waals surface area contributed by atoms with Crippen LogP contribution < -0.4 is 5.73 Å². The highest BCUT2D eigenvalue weighted by Crippen LogP contribution is 2.27. The summed E-state index contributed by atoms with van der Waals surface area (Å²) in [4.78, 5) is 15.6. The maximum atomic E-state index is 11.5. The van der Waals surface area contributed by atoms with E-state index in [-0.39, 0.29) is 12.4 Å². The zero-order valence-corrected chi connectivity index (χ0v) is 16.9. The van der Waals surface area contributed by atoms with Crippen molar-refractivity contribution >= 4 is 5.91 Å². The van der Waals surface area contributed by atoms with Gasteiger partial charge in [-0.3, -0.25) is 14.9 Å². The van der Waals surface area contributed by atoms with Crippen LogP contribution in [0.5, 0.6) is 5.75 Å². The highest BCUT2D eigenvalue weighted by molar-refractivity contribution is 5.99. The monoisotopic (exact) mass is 416 g/mol. The van der Waals surface area contributed by atoms with E-state index >= 15 is 0 Å². The highest BCUT2D eigenvalue weighted by Gasteiger charge is 2.12. The molecular weight excluding hydrogens is 392 g/mol. The number of primary amides is 1. The fraction of sp³-hybridized carbons (Fsp3) is 0.125. The number of phenols is 1. The lowest BCUT2D eigenvalue weighted by Crippen LogP contribution is -2.12. The smallest absolute Gasteiger partial charge is 0.249 e. The number of carbonyl (C=O) groups is 1. The average Bonchev–Trinajstić information content (AvgIpc) is 3.29. The second-order valence-electron chi connectivity index (χ2n) is 6.77. The van der Waals surface area contributed by atoms with E-state index in [1.54, 1.807) is 42.6 Å². The molecule has 0 saturated carbocycles. The zero-order chi connectivity index (χ0) is 22.1. The lowest BCUT2D eigenvalue weighted by atomic mass is 10.0. The molecule has 5 N–H and O–H groups in total. The molecule has 4 rings (SSSR count). The molecule has 4 aromatic rings. The van der Waals surface area contributed by atoms with Crippen LogP contribution in [0.4, 0.5) is 0 Å². The Morgan fingerprint density at radius 3 is 2.42 bits per heavy atom. The normalized spacial score (nSPS) is 10.2. The van der Waals surface area contributed by atoms with Gasteiger partial charge in [-0.15, -0.1) is 0 Å². The minimum absolute atomic E-state index is 0.202. The minimum atomic E-state index is -0.480. The molecule has 0 aliphatic rings. The number of benzene rings is 2. The fourth-order valence-electron chi connectivity index (χ4n) is 2.98. The number of aromatic nitrogens is 3. The van der Waals surface area contributed by atoms with Gasteiger partial charge in [-0.1, -0.05) is 24.3 Å². The van der Waals surface area contributed by atoms with E-state index in [9.17, 15) is 9.90 Å². The number of carbonyl (C=O) groups excluding carboxylic acids is 1. The van der Waals surface area contributed by atoms with Crippen molar-refractivity contribution in [1.29, 1.82) is 0 Å². The number of nitrogens with zero attached hydrogens (tertiary/aromatic N) is 2. The molecule has 0 atom stereocenters. The Bertz CT molecular complexity index is 1110. The van der Waals surface area contributed by atoms with Crippen molar-refractivity contribution in [2.24, 2.45) is 5.73 Å². The Morgan fingerprint density at radius 2 is 1.74 bits per heavy atom. The lowest BCUT2D eigenvalue weighted by molar-refractivity contribution is 0.100. The number of nitrogens with two attached hydrogens (primary N) is 1. The number of pyridine rings is 1. The molecule has 0 spiro atoms. The van der Waals surface area contributed by atoms with E-state index in [4.69, 9.17) is 10.8 Å². The molecule has 0 saturated heterocycles. The van der Waals surface area contributed by atoms with Gasteiger partial charge in [0, 0.05) is 35.2 Å². The van der Waals surface area contributed by atoms with Gasteiger partial charge in [-0.2, -0.15) is 5.10 Å². The number of nitrogens with one attached hydrogen (secondary N) is 1. The number of aromatic amines is 1. The van der Waals surface area contributed by atoms with Crippen LogP contribution >= 0.6 is 0 Å². The third-order valence-corrected chi connectivity index (χ3v) is 4.54. The summed E-state index contributed by atoms with van der Waals surface area (Å²) >= 11 is 0. The molecule has 0 aliphatic carbocycles. The maximum absolute atomic E-state index is 11.5. The van der Waals surface area contributed by atoms with Crippen molar-refractivity contribution in [3.63, 3.8) is 0 Å². The Hall–Kier alpha value is -3.97. The summed E-state index contributed by atoms with van der Waals surface area (Å²) < 4.78 is 0. The lowest BCUT2D eigenvalue weighted by Gasteiger charge is -2.03. The molecule has 0 aliphatic heterocycles. The Balaban J connectivity index is 0.000000229. The average molecular weight is 416 g/mol. The Morgan fingerprint density at radius 1 is 1.00 bits per heavy atom. The van der Waals surface area contributed by atoms with Gasteiger partial charge in [0.25, 0.3) is 0 Å². The molecule has 31 heavy (non-hydrogen) atoms. The Kier molecular flexibility index (Phi) is 7.50. The molecule has 7 nitrogen and oxygen atoms in total. The number of hydrogen-bond acceptors (Lipinski definition) is 5. The van der Waals surface area contributed by atoms with E-state index in [2.05, 4.69) is 15.2 Å². The number of aliphatic hydroxyl groups is 1. The van der Waals surface area contributed by atoms with E-state index in [0.717, 1.165) is 29.8 Å². The highest BCUT2D eigenvalue weighted by atomic mass is 16.3. The number of phenolic OH excluding ortho intramolecular Hbond substituents is 1. The molecule has 2 aromatic carbocycles. The van der Waals surface area contributed by atoms with Crippen molar-refractivity contribution in [3.05, 3.63) is 90.3 Å². The van der Waals surface area contributed by atoms with Gasteiger partial charge < -0.3 is 15.9 Å². The van der Waals surface area contributed by atoms with Crippen LogP contribution in [0.15, 0.2) is 79.0 Å². The summed E-state index contributed by atoms with van der Waals surface area (Å²) in [5.41, 5.74) is 9.90. The molecule has 0 bridgehead atoms. The number of aliphatic hydroxyl groups excluding tert-OH is 1. The van der Waals surface area contributed by atoms with Gasteiger partial charge in [0.15, 0.2) is 0 Å². The summed E-state index contributed by atoms with van der Waals surface area (Å²) in [6.45, 7) is 0.247. The number of rotatable bonds is 6. The van der Waals surface area contributed by atoms with Crippen LogP contribution in [-0.4, -0.2) is 37.9 Å². The zero-order valence-electron chi connectivity index (χ0n) is 16.9. The fourth-order valence-corrected chi connectivity index (χ4v) is 2.98. The Labute approximate surface area is 180 Å². The predicted octanol–water partition coefficient (Wildman–Crippen LogP) is 3.55. The second kappa shape index (κ2) is 10.7. The van der Waals surface area contributed by atoms with Gasteiger partial charge in [0.1, 0.15) is 5.75 Å². The van der Waals surface area contributed by atoms with Crippen LogP contribution in [0.2, 0.25) is 0 Å². The van der Waals surface area contributed by atoms with Crippen LogP contribution in [-0.2, 0) is 6.42 Å². The van der Waals surface area contributed by atoms with Gasteiger partial charge >= 0.3 is 0 Å².